The number of benzene rings is 1. The van der Waals surface area contributed by atoms with Crippen LogP contribution in [0.3, 0.4) is 0 Å². The van der Waals surface area contributed by atoms with Crippen LogP contribution in [0.4, 0.5) is 0 Å². The quantitative estimate of drug-likeness (QED) is 0.626. The molecule has 0 saturated heterocycles. The molecule has 5 rings (SSSR count). The zero-order valence-electron chi connectivity index (χ0n) is 19.5. The Hall–Kier alpha value is -1.19. The van der Waals surface area contributed by atoms with Gasteiger partial charge in [-0.1, -0.05) is 37.3 Å². The van der Waals surface area contributed by atoms with Crippen LogP contribution in [0.15, 0.2) is 30.3 Å². The highest BCUT2D eigenvalue weighted by atomic mass is 16.3. The topological polar surface area (TPSA) is 49.3 Å². The second kappa shape index (κ2) is 7.99. The molecule has 3 heteroatoms. The number of aldehydes is 1. The minimum absolute atomic E-state index is 0.132. The van der Waals surface area contributed by atoms with Crippen LogP contribution in [-0.2, 0) is 11.3 Å². The molecule has 4 aliphatic carbocycles. The van der Waals surface area contributed by atoms with Crippen molar-refractivity contribution in [1.29, 1.82) is 0 Å². The van der Waals surface area contributed by atoms with Crippen molar-refractivity contribution in [2.75, 3.05) is 6.54 Å². The summed E-state index contributed by atoms with van der Waals surface area (Å²) in [5.74, 6) is 3.84. The first-order chi connectivity index (χ1) is 14.9. The summed E-state index contributed by atoms with van der Waals surface area (Å²) in [5, 5.41) is 14.3. The number of carbonyl (C=O) groups is 1. The van der Waals surface area contributed by atoms with E-state index in [9.17, 15) is 9.90 Å². The van der Waals surface area contributed by atoms with Gasteiger partial charge in [-0.05, 0) is 105 Å². The maximum absolute atomic E-state index is 12.6. The third-order valence-electron chi connectivity index (χ3n) is 10.5. The van der Waals surface area contributed by atoms with Gasteiger partial charge < -0.3 is 15.2 Å². The van der Waals surface area contributed by atoms with Gasteiger partial charge in [0.05, 0.1) is 5.60 Å². The summed E-state index contributed by atoms with van der Waals surface area (Å²) in [6.45, 7) is 6.15. The molecule has 0 aliphatic heterocycles. The molecule has 0 aromatic heterocycles. The first-order valence-electron chi connectivity index (χ1n) is 12.8. The van der Waals surface area contributed by atoms with E-state index in [4.69, 9.17) is 0 Å². The van der Waals surface area contributed by atoms with Crippen molar-refractivity contribution in [3.05, 3.63) is 35.9 Å². The second-order valence-corrected chi connectivity index (χ2v) is 12.0. The molecule has 1 aromatic carbocycles. The smallest absolute Gasteiger partial charge is 0.127 e. The standard InChI is InChI=1S/C28H41NO2/c1-26(31)13-10-22-21(16-26)8-9-24-23(22)11-14-27(2)25(24)12-15-28(27,19-30)18-29-17-20-6-4-3-5-7-20/h3-7,19,21-25,29,31H,8-18H2,1-2H3/t21-,22+,23-,24-,25+,26-,27+,28+/m1/s1. The van der Waals surface area contributed by atoms with Crippen LogP contribution in [0, 0.1) is 40.4 Å². The lowest BCUT2D eigenvalue weighted by molar-refractivity contribution is -0.134. The van der Waals surface area contributed by atoms with Crippen molar-refractivity contribution in [1.82, 2.24) is 5.32 Å². The molecule has 0 heterocycles. The van der Waals surface area contributed by atoms with Crippen molar-refractivity contribution < 1.29 is 9.90 Å². The molecule has 0 spiro atoms. The molecule has 0 unspecified atom stereocenters. The molecule has 1 aromatic rings. The second-order valence-electron chi connectivity index (χ2n) is 12.0. The van der Waals surface area contributed by atoms with E-state index in [0.29, 0.717) is 5.92 Å². The average molecular weight is 424 g/mol. The van der Waals surface area contributed by atoms with Gasteiger partial charge in [-0.2, -0.15) is 0 Å². The Balaban J connectivity index is 1.30. The number of carbonyl (C=O) groups excluding carboxylic acids is 1. The Morgan fingerprint density at radius 2 is 1.74 bits per heavy atom. The Kier molecular flexibility index (Phi) is 5.58. The molecule has 4 saturated carbocycles. The molecule has 8 atom stereocenters. The number of fused-ring (bicyclic) bond motifs is 5. The third-order valence-corrected chi connectivity index (χ3v) is 10.5. The van der Waals surface area contributed by atoms with E-state index in [-0.39, 0.29) is 10.8 Å². The summed E-state index contributed by atoms with van der Waals surface area (Å²) in [4.78, 5) is 12.6. The maximum Gasteiger partial charge on any atom is 0.127 e. The largest absolute Gasteiger partial charge is 0.390 e. The molecule has 4 aliphatic rings. The van der Waals surface area contributed by atoms with E-state index in [1.54, 1.807) is 0 Å². The number of hydrogen-bond acceptors (Lipinski definition) is 3. The molecule has 0 bridgehead atoms. The number of aliphatic hydroxyl groups is 1. The molecule has 0 amide bonds. The van der Waals surface area contributed by atoms with Gasteiger partial charge in [0.25, 0.3) is 0 Å². The summed E-state index contributed by atoms with van der Waals surface area (Å²) in [7, 11) is 0. The fourth-order valence-electron chi connectivity index (χ4n) is 8.80. The van der Waals surface area contributed by atoms with Crippen LogP contribution < -0.4 is 5.32 Å². The minimum Gasteiger partial charge on any atom is -0.390 e. The summed E-state index contributed by atoms with van der Waals surface area (Å²) >= 11 is 0. The van der Waals surface area contributed by atoms with Gasteiger partial charge in [0.2, 0.25) is 0 Å². The van der Waals surface area contributed by atoms with Crippen molar-refractivity contribution in [2.45, 2.75) is 83.8 Å². The first kappa shape index (κ1) is 21.6. The number of rotatable bonds is 5. The normalized spacial score (nSPS) is 46.6. The summed E-state index contributed by atoms with van der Waals surface area (Å²) in [6, 6.07) is 10.5. The Labute approximate surface area is 188 Å². The highest BCUT2D eigenvalue weighted by Gasteiger charge is 2.63. The van der Waals surface area contributed by atoms with Crippen molar-refractivity contribution in [2.24, 2.45) is 40.4 Å². The van der Waals surface area contributed by atoms with E-state index in [1.807, 2.05) is 6.92 Å². The number of nitrogens with one attached hydrogen (secondary N) is 1. The Morgan fingerprint density at radius 3 is 2.52 bits per heavy atom. The molecule has 0 radical (unpaired) electrons. The van der Waals surface area contributed by atoms with E-state index in [0.717, 1.165) is 56.0 Å². The lowest BCUT2D eigenvalue weighted by Gasteiger charge is -2.58. The zero-order valence-corrected chi connectivity index (χ0v) is 19.5. The van der Waals surface area contributed by atoms with Gasteiger partial charge in [0.1, 0.15) is 6.29 Å². The molecule has 4 fully saturated rings. The van der Waals surface area contributed by atoms with E-state index < -0.39 is 5.60 Å². The lowest BCUT2D eigenvalue weighted by Crippen LogP contribution is -2.54. The fourth-order valence-corrected chi connectivity index (χ4v) is 8.80. The van der Waals surface area contributed by atoms with Gasteiger partial charge in [-0.15, -0.1) is 0 Å². The van der Waals surface area contributed by atoms with Crippen molar-refractivity contribution in [3.63, 3.8) is 0 Å². The van der Waals surface area contributed by atoms with Gasteiger partial charge in [-0.3, -0.25) is 0 Å². The van der Waals surface area contributed by atoms with Crippen LogP contribution in [0.1, 0.15) is 77.2 Å². The maximum atomic E-state index is 12.6. The predicted molar refractivity (Wildman–Crippen MR) is 124 cm³/mol. The third kappa shape index (κ3) is 3.60. The molecular formula is C28H41NO2. The zero-order chi connectivity index (χ0) is 21.7. The monoisotopic (exact) mass is 423 g/mol. The molecule has 31 heavy (non-hydrogen) atoms. The van der Waals surface area contributed by atoms with Crippen LogP contribution in [0.5, 0.6) is 0 Å². The fraction of sp³-hybridized carbons (Fsp3) is 0.750. The highest BCUT2D eigenvalue weighted by molar-refractivity contribution is 5.63. The van der Waals surface area contributed by atoms with Crippen LogP contribution in [0.2, 0.25) is 0 Å². The Bertz CT molecular complexity index is 791. The van der Waals surface area contributed by atoms with E-state index in [1.165, 1.54) is 50.4 Å². The van der Waals surface area contributed by atoms with Crippen molar-refractivity contribution in [3.8, 4) is 0 Å². The van der Waals surface area contributed by atoms with Gasteiger partial charge in [0.15, 0.2) is 0 Å². The van der Waals surface area contributed by atoms with E-state index in [2.05, 4.69) is 42.6 Å². The van der Waals surface area contributed by atoms with Gasteiger partial charge in [-0.25, -0.2) is 0 Å². The van der Waals surface area contributed by atoms with E-state index >= 15 is 0 Å². The van der Waals surface area contributed by atoms with Crippen LogP contribution >= 0.6 is 0 Å². The summed E-state index contributed by atoms with van der Waals surface area (Å²) < 4.78 is 0. The summed E-state index contributed by atoms with van der Waals surface area (Å²) in [5.41, 5.74) is 0.761. The number of hydrogen-bond donors (Lipinski definition) is 2. The van der Waals surface area contributed by atoms with Crippen LogP contribution in [0.25, 0.3) is 0 Å². The lowest BCUT2D eigenvalue weighted by atomic mass is 9.47. The molecule has 170 valence electrons. The SMILES string of the molecule is C[C@@]1(O)CC[C@H]2[C@H](CC[C@@H]3[C@@H]2CC[C@@]2(C)[C@H]3CC[C@@]2(C=O)CNCc2ccccc2)C1. The minimum atomic E-state index is -0.443. The van der Waals surface area contributed by atoms with Crippen molar-refractivity contribution >= 4 is 6.29 Å². The first-order valence-corrected chi connectivity index (χ1v) is 12.8. The van der Waals surface area contributed by atoms with Gasteiger partial charge >= 0.3 is 0 Å². The molecule has 2 N–H and O–H groups in total. The highest BCUT2D eigenvalue weighted by Crippen LogP contribution is 2.67. The molecule has 3 nitrogen and oxygen atoms in total. The Morgan fingerprint density at radius 1 is 0.968 bits per heavy atom. The molecular weight excluding hydrogens is 382 g/mol. The average Bonchev–Trinajstić information content (AvgIpc) is 3.06. The van der Waals surface area contributed by atoms with Crippen LogP contribution in [-0.4, -0.2) is 23.5 Å². The predicted octanol–water partition coefficient (Wildman–Crippen LogP) is 5.37. The van der Waals surface area contributed by atoms with Gasteiger partial charge in [0, 0.05) is 18.5 Å². The summed E-state index contributed by atoms with van der Waals surface area (Å²) in [6.07, 6.45) is 11.9.